The van der Waals surface area contributed by atoms with E-state index in [2.05, 4.69) is 19.8 Å². The van der Waals surface area contributed by atoms with Gasteiger partial charge in [0, 0.05) is 42.7 Å². The molecule has 17 heteroatoms. The molecular formula is C30H33F6N5O5S. The molecule has 4 N–H and O–H groups in total. The van der Waals surface area contributed by atoms with Crippen molar-refractivity contribution in [3.63, 3.8) is 0 Å². The lowest BCUT2D eigenvalue weighted by Crippen LogP contribution is -2.50. The van der Waals surface area contributed by atoms with E-state index in [9.17, 15) is 45.5 Å². The number of hydrogen-bond donors (Lipinski definition) is 3. The van der Waals surface area contributed by atoms with Gasteiger partial charge >= 0.3 is 18.3 Å². The third kappa shape index (κ3) is 10.7. The maximum atomic E-state index is 13.7. The number of nitrogens with one attached hydrogen (secondary N) is 2. The number of likely N-dealkylation sites (N-methyl/N-ethyl adjacent to an activating group) is 1. The molecule has 3 amide bonds. The molecule has 0 fully saturated rings. The van der Waals surface area contributed by atoms with Crippen molar-refractivity contribution < 1.29 is 50.3 Å². The number of halogens is 6. The number of carbonyl (C=O) groups is 4. The Kier molecular flexibility index (Phi) is 12.8. The van der Waals surface area contributed by atoms with Crippen LogP contribution < -0.4 is 20.7 Å². The molecule has 3 rings (SSSR count). The van der Waals surface area contributed by atoms with Crippen LogP contribution in [0.3, 0.4) is 0 Å². The number of rotatable bonds is 13. The maximum Gasteiger partial charge on any atom is 0.389 e. The van der Waals surface area contributed by atoms with Crippen LogP contribution in [-0.4, -0.2) is 73.9 Å². The number of fused-ring (bicyclic) bond motifs is 1. The van der Waals surface area contributed by atoms with Gasteiger partial charge in [-0.05, 0) is 30.9 Å². The summed E-state index contributed by atoms with van der Waals surface area (Å²) in [7, 11) is 2.46. The topological polar surface area (TPSA) is 143 Å². The number of carbonyl (C=O) groups excluding carboxylic acids is 4. The average molecular weight is 690 g/mol. The predicted octanol–water partition coefficient (Wildman–Crippen LogP) is 4.12. The second-order valence-electron chi connectivity index (χ2n) is 10.6. The van der Waals surface area contributed by atoms with Gasteiger partial charge in [0.15, 0.2) is 0 Å². The molecule has 0 aliphatic carbocycles. The number of nitrogens with zero attached hydrogens (tertiary/aromatic N) is 2. The number of benzodiazepines with no additional fused rings is 1. The minimum absolute atomic E-state index is 0.265. The van der Waals surface area contributed by atoms with E-state index in [1.807, 2.05) is 0 Å². The number of hydrogen-bond acceptors (Lipinski definition) is 8. The molecule has 4 unspecified atom stereocenters. The summed E-state index contributed by atoms with van der Waals surface area (Å²) in [6.45, 7) is 0. The third-order valence-electron chi connectivity index (χ3n) is 7.25. The van der Waals surface area contributed by atoms with Crippen LogP contribution in [0.15, 0.2) is 59.6 Å². The van der Waals surface area contributed by atoms with Gasteiger partial charge in [-0.3, -0.25) is 23.9 Å². The van der Waals surface area contributed by atoms with Crippen molar-refractivity contribution in [2.24, 2.45) is 22.6 Å². The molecular weight excluding hydrogens is 656 g/mol. The lowest BCUT2D eigenvalue weighted by atomic mass is 9.83. The Labute approximate surface area is 270 Å². The first kappa shape index (κ1) is 37.3. The molecule has 2 aromatic rings. The SMILES string of the molecule is COC(=O)C(N)CSNC(=O)C(CCC(F)(F)F)C(CCC(F)(F)F)C(=O)NC1N=C(c2ccccc2)c2ccccc2N(C)C1=O. The van der Waals surface area contributed by atoms with Crippen LogP contribution in [0, 0.1) is 11.8 Å². The molecule has 2 aromatic carbocycles. The van der Waals surface area contributed by atoms with Gasteiger partial charge in [-0.15, -0.1) is 0 Å². The smallest absolute Gasteiger partial charge is 0.389 e. The number of anilines is 1. The number of esters is 1. The van der Waals surface area contributed by atoms with Gasteiger partial charge in [-0.2, -0.15) is 26.3 Å². The zero-order chi connectivity index (χ0) is 34.9. The number of nitrogens with two attached hydrogens (primary N) is 1. The van der Waals surface area contributed by atoms with Gasteiger partial charge in [0.05, 0.1) is 24.4 Å². The van der Waals surface area contributed by atoms with Crippen molar-refractivity contribution in [2.45, 2.75) is 50.2 Å². The lowest BCUT2D eigenvalue weighted by Gasteiger charge is -2.28. The van der Waals surface area contributed by atoms with Crippen molar-refractivity contribution >= 4 is 47.0 Å². The molecule has 1 heterocycles. The summed E-state index contributed by atoms with van der Waals surface area (Å²) in [5.74, 6) is -8.27. The fraction of sp³-hybridized carbons (Fsp3) is 0.433. The summed E-state index contributed by atoms with van der Waals surface area (Å²) in [6.07, 6.45) is -16.7. The summed E-state index contributed by atoms with van der Waals surface area (Å²) in [5.41, 5.74) is 7.33. The maximum absolute atomic E-state index is 13.7. The Bertz CT molecular complexity index is 1460. The second-order valence-corrected chi connectivity index (χ2v) is 11.4. The molecule has 256 valence electrons. The number of alkyl halides is 6. The van der Waals surface area contributed by atoms with Crippen LogP contribution in [0.1, 0.15) is 36.8 Å². The Balaban J connectivity index is 1.99. The Hall–Kier alpha value is -4.12. The summed E-state index contributed by atoms with van der Waals surface area (Å²) < 4.78 is 86.7. The summed E-state index contributed by atoms with van der Waals surface area (Å²) in [5, 5.41) is 2.31. The van der Waals surface area contributed by atoms with Crippen molar-refractivity contribution in [2.75, 3.05) is 24.8 Å². The van der Waals surface area contributed by atoms with E-state index in [4.69, 9.17) is 5.73 Å². The normalized spacial score (nSPS) is 17.0. The highest BCUT2D eigenvalue weighted by molar-refractivity contribution is 7.98. The number of methoxy groups -OCH3 is 1. The van der Waals surface area contributed by atoms with Gasteiger partial charge in [0.1, 0.15) is 6.04 Å². The van der Waals surface area contributed by atoms with Crippen molar-refractivity contribution in [3.8, 4) is 0 Å². The number of para-hydroxylation sites is 1. The minimum Gasteiger partial charge on any atom is -0.468 e. The van der Waals surface area contributed by atoms with Crippen molar-refractivity contribution in [3.05, 3.63) is 65.7 Å². The van der Waals surface area contributed by atoms with E-state index in [1.165, 1.54) is 11.9 Å². The van der Waals surface area contributed by atoms with Crippen molar-refractivity contribution in [1.29, 1.82) is 0 Å². The van der Waals surface area contributed by atoms with Gasteiger partial charge < -0.3 is 20.7 Å². The van der Waals surface area contributed by atoms with Gasteiger partial charge in [0.2, 0.25) is 18.0 Å². The first-order chi connectivity index (χ1) is 22.0. The second kappa shape index (κ2) is 16.1. The predicted molar refractivity (Wildman–Crippen MR) is 162 cm³/mol. The molecule has 0 saturated heterocycles. The van der Waals surface area contributed by atoms with Crippen LogP contribution in [-0.2, 0) is 23.9 Å². The van der Waals surface area contributed by atoms with Crippen LogP contribution in [0.4, 0.5) is 32.0 Å². The van der Waals surface area contributed by atoms with Gasteiger partial charge in [0.25, 0.3) is 5.91 Å². The van der Waals surface area contributed by atoms with Gasteiger partial charge in [-0.1, -0.05) is 48.5 Å². The fourth-order valence-corrected chi connectivity index (χ4v) is 5.54. The van der Waals surface area contributed by atoms with E-state index < -0.39 is 85.8 Å². The lowest BCUT2D eigenvalue weighted by molar-refractivity contribution is -0.152. The monoisotopic (exact) mass is 689 g/mol. The molecule has 47 heavy (non-hydrogen) atoms. The first-order valence-corrected chi connectivity index (χ1v) is 15.2. The highest BCUT2D eigenvalue weighted by Gasteiger charge is 2.42. The summed E-state index contributed by atoms with van der Waals surface area (Å²) in [6, 6.07) is 14.0. The van der Waals surface area contributed by atoms with Crippen molar-refractivity contribution in [1.82, 2.24) is 10.0 Å². The van der Waals surface area contributed by atoms with Crippen LogP contribution in [0.5, 0.6) is 0 Å². The number of aliphatic imine (C=N–C) groups is 1. The molecule has 1 aliphatic heterocycles. The fourth-order valence-electron chi connectivity index (χ4n) is 4.85. The van der Waals surface area contributed by atoms with Gasteiger partial charge in [-0.25, -0.2) is 4.99 Å². The van der Waals surface area contributed by atoms with E-state index in [0.29, 0.717) is 28.8 Å². The molecule has 4 atom stereocenters. The zero-order valence-corrected chi connectivity index (χ0v) is 26.0. The number of amides is 3. The highest BCUT2D eigenvalue weighted by atomic mass is 32.2. The summed E-state index contributed by atoms with van der Waals surface area (Å²) >= 11 is 0.514. The molecule has 0 saturated carbocycles. The Morgan fingerprint density at radius 1 is 0.936 bits per heavy atom. The first-order valence-electron chi connectivity index (χ1n) is 14.2. The van der Waals surface area contributed by atoms with Crippen LogP contribution in [0.2, 0.25) is 0 Å². The largest absolute Gasteiger partial charge is 0.468 e. The number of benzene rings is 2. The molecule has 0 aromatic heterocycles. The van der Waals surface area contributed by atoms with E-state index in [-0.39, 0.29) is 11.5 Å². The molecule has 1 aliphatic rings. The van der Waals surface area contributed by atoms with E-state index >= 15 is 0 Å². The summed E-state index contributed by atoms with van der Waals surface area (Å²) in [4.78, 5) is 57.7. The molecule has 0 spiro atoms. The van der Waals surface area contributed by atoms with E-state index in [1.54, 1.807) is 54.6 Å². The Morgan fingerprint density at radius 3 is 2.06 bits per heavy atom. The molecule has 0 bridgehead atoms. The standard InChI is InChI=1S/C30H33F6N5O5S/c1-41-22-11-7-6-10-20(22)23(17-8-4-3-5-9-17)38-24(27(41)44)39-25(42)18(12-14-29(31,32)33)19(13-15-30(34,35)36)26(43)40-47-16-21(37)28(45)46-2/h3-11,18-19,21,24H,12-16,37H2,1-2H3,(H,39,42)(H,40,43). The minimum atomic E-state index is -4.83. The average Bonchev–Trinajstić information content (AvgIpc) is 3.11. The highest BCUT2D eigenvalue weighted by Crippen LogP contribution is 2.34. The third-order valence-corrected chi connectivity index (χ3v) is 8.12. The molecule has 0 radical (unpaired) electrons. The number of ether oxygens (including phenoxy) is 1. The quantitative estimate of drug-likeness (QED) is 0.163. The van der Waals surface area contributed by atoms with Crippen LogP contribution >= 0.6 is 11.9 Å². The van der Waals surface area contributed by atoms with E-state index in [0.717, 1.165) is 7.11 Å². The zero-order valence-electron chi connectivity index (χ0n) is 25.2. The Morgan fingerprint density at radius 2 is 1.49 bits per heavy atom. The molecule has 10 nitrogen and oxygen atoms in total. The van der Waals surface area contributed by atoms with Crippen LogP contribution in [0.25, 0.3) is 0 Å².